The van der Waals surface area contributed by atoms with Gasteiger partial charge < -0.3 is 13.9 Å². The Labute approximate surface area is 177 Å². The number of esters is 1. The molecule has 0 amide bonds. The minimum absolute atomic E-state index is 0.327. The van der Waals surface area contributed by atoms with E-state index >= 15 is 0 Å². The van der Waals surface area contributed by atoms with Crippen LogP contribution in [-0.4, -0.2) is 30.0 Å². The first kappa shape index (κ1) is 20.1. The Morgan fingerprint density at radius 2 is 2.13 bits per heavy atom. The van der Waals surface area contributed by atoms with Crippen LogP contribution in [0, 0.1) is 18.3 Å². The fourth-order valence-corrected chi connectivity index (χ4v) is 4.38. The van der Waals surface area contributed by atoms with Gasteiger partial charge in [-0.3, -0.25) is 4.79 Å². The van der Waals surface area contributed by atoms with Crippen molar-refractivity contribution in [2.24, 2.45) is 0 Å². The first-order valence-electron chi connectivity index (χ1n) is 9.72. The van der Waals surface area contributed by atoms with Crippen LogP contribution in [0.4, 0.5) is 0 Å². The summed E-state index contributed by atoms with van der Waals surface area (Å²) < 4.78 is 16.4. The van der Waals surface area contributed by atoms with Crippen LogP contribution < -0.4 is 4.74 Å². The molecule has 1 atom stereocenters. The number of benzene rings is 1. The van der Waals surface area contributed by atoms with E-state index in [0.717, 1.165) is 48.1 Å². The molecule has 1 aliphatic carbocycles. The third kappa shape index (κ3) is 4.21. The molecule has 1 aliphatic rings. The van der Waals surface area contributed by atoms with Crippen LogP contribution in [0.15, 0.2) is 28.0 Å². The second kappa shape index (κ2) is 8.67. The molecule has 7 nitrogen and oxygen atoms in total. The molecule has 4 rings (SSSR count). The largest absolute Gasteiger partial charge is 0.482 e. The van der Waals surface area contributed by atoms with Crippen molar-refractivity contribution in [3.63, 3.8) is 0 Å². The third-order valence-electron chi connectivity index (χ3n) is 4.99. The normalized spacial score (nSPS) is 14.0. The van der Waals surface area contributed by atoms with E-state index < -0.39 is 24.3 Å². The number of ketones is 1. The molecule has 0 aliphatic heterocycles. The van der Waals surface area contributed by atoms with E-state index in [9.17, 15) is 14.9 Å². The molecule has 0 N–H and O–H groups in total. The van der Waals surface area contributed by atoms with Gasteiger partial charge in [-0.15, -0.1) is 11.3 Å². The molecule has 0 saturated heterocycles. The molecule has 0 unspecified atom stereocenters. The van der Waals surface area contributed by atoms with E-state index in [-0.39, 0.29) is 6.61 Å². The molecule has 8 heteroatoms. The van der Waals surface area contributed by atoms with Crippen LogP contribution in [0.5, 0.6) is 5.75 Å². The highest BCUT2D eigenvalue weighted by atomic mass is 32.1. The standard InChI is InChI=1S/C22H20N2O5S/c1-13-12-30-22(24-13)17(9-23)18(25)10-28-21(26)11-27-14-6-7-20-16(8-14)15-4-2-3-5-19(15)29-20/h6-8,12,17H,2-5,10-11H2,1H3/t17-/m0/s1. The number of carbonyl (C=O) groups excluding carboxylic acids is 2. The lowest BCUT2D eigenvalue weighted by atomic mass is 9.96. The molecule has 154 valence electrons. The molecular formula is C22H20N2O5S. The van der Waals surface area contributed by atoms with Crippen molar-refractivity contribution in [3.05, 3.63) is 45.6 Å². The molecular weight excluding hydrogens is 404 g/mol. The number of hydrogen-bond acceptors (Lipinski definition) is 8. The molecule has 0 bridgehead atoms. The number of nitriles is 1. The molecule has 3 aromatic rings. The van der Waals surface area contributed by atoms with Crippen LogP contribution in [0.1, 0.15) is 40.8 Å². The van der Waals surface area contributed by atoms with Gasteiger partial charge in [0, 0.05) is 28.4 Å². The fraction of sp³-hybridized carbons (Fsp3) is 0.364. The first-order valence-corrected chi connectivity index (χ1v) is 10.6. The molecule has 0 radical (unpaired) electrons. The van der Waals surface area contributed by atoms with Crippen molar-refractivity contribution in [1.82, 2.24) is 4.98 Å². The van der Waals surface area contributed by atoms with Crippen molar-refractivity contribution in [2.75, 3.05) is 13.2 Å². The van der Waals surface area contributed by atoms with Crippen molar-refractivity contribution in [3.8, 4) is 11.8 Å². The zero-order chi connectivity index (χ0) is 21.1. The molecule has 30 heavy (non-hydrogen) atoms. The van der Waals surface area contributed by atoms with Crippen LogP contribution in [0.3, 0.4) is 0 Å². The summed E-state index contributed by atoms with van der Waals surface area (Å²) in [6, 6.07) is 7.37. The van der Waals surface area contributed by atoms with Gasteiger partial charge in [-0.05, 0) is 44.4 Å². The first-order chi connectivity index (χ1) is 14.5. The van der Waals surface area contributed by atoms with Crippen LogP contribution >= 0.6 is 11.3 Å². The zero-order valence-electron chi connectivity index (χ0n) is 16.5. The summed E-state index contributed by atoms with van der Waals surface area (Å²) in [5.41, 5.74) is 2.78. The number of ether oxygens (including phenoxy) is 2. The Morgan fingerprint density at radius 1 is 1.30 bits per heavy atom. The van der Waals surface area contributed by atoms with Gasteiger partial charge in [-0.2, -0.15) is 5.26 Å². The van der Waals surface area contributed by atoms with E-state index in [1.807, 2.05) is 18.2 Å². The SMILES string of the molecule is Cc1csc([C@@H](C#N)C(=O)COC(=O)COc2ccc3oc4c(c3c2)CCCC4)n1. The number of fused-ring (bicyclic) bond motifs is 3. The van der Waals surface area contributed by atoms with Gasteiger partial charge in [-0.1, -0.05) is 0 Å². The summed E-state index contributed by atoms with van der Waals surface area (Å²) >= 11 is 1.24. The summed E-state index contributed by atoms with van der Waals surface area (Å²) in [6.07, 6.45) is 4.20. The van der Waals surface area contributed by atoms with E-state index in [0.29, 0.717) is 10.8 Å². The Morgan fingerprint density at radius 3 is 2.90 bits per heavy atom. The lowest BCUT2D eigenvalue weighted by Gasteiger charge is -2.09. The maximum Gasteiger partial charge on any atom is 0.344 e. The smallest absolute Gasteiger partial charge is 0.344 e. The number of nitrogens with zero attached hydrogens (tertiary/aromatic N) is 2. The molecule has 2 heterocycles. The van der Waals surface area contributed by atoms with Crippen LogP contribution in [0.2, 0.25) is 0 Å². The molecule has 0 fully saturated rings. The monoisotopic (exact) mass is 424 g/mol. The van der Waals surface area contributed by atoms with Gasteiger partial charge in [-0.25, -0.2) is 9.78 Å². The topological polar surface area (TPSA) is 102 Å². The van der Waals surface area contributed by atoms with Gasteiger partial charge in [0.2, 0.25) is 0 Å². The second-order valence-corrected chi connectivity index (χ2v) is 8.06. The number of Topliss-reactive ketones (excluding diaryl/α,β-unsaturated/α-hetero) is 1. The summed E-state index contributed by atoms with van der Waals surface area (Å²) in [6.45, 7) is 0.965. The number of thiazole rings is 1. The highest BCUT2D eigenvalue weighted by molar-refractivity contribution is 7.09. The predicted molar refractivity (Wildman–Crippen MR) is 110 cm³/mol. The van der Waals surface area contributed by atoms with E-state index in [1.54, 1.807) is 18.4 Å². The Hall–Kier alpha value is -3.18. The van der Waals surface area contributed by atoms with Gasteiger partial charge >= 0.3 is 5.97 Å². The predicted octanol–water partition coefficient (Wildman–Crippen LogP) is 3.88. The molecule has 1 aromatic carbocycles. The average Bonchev–Trinajstić information content (AvgIpc) is 3.34. The van der Waals surface area contributed by atoms with Crippen molar-refractivity contribution in [1.29, 1.82) is 5.26 Å². The molecule has 0 saturated carbocycles. The minimum Gasteiger partial charge on any atom is -0.482 e. The summed E-state index contributed by atoms with van der Waals surface area (Å²) in [7, 11) is 0. The summed E-state index contributed by atoms with van der Waals surface area (Å²) in [4.78, 5) is 28.4. The Kier molecular flexibility index (Phi) is 5.81. The van der Waals surface area contributed by atoms with Gasteiger partial charge in [0.05, 0.1) is 6.07 Å². The highest BCUT2D eigenvalue weighted by Crippen LogP contribution is 2.33. The number of furan rings is 1. The van der Waals surface area contributed by atoms with Gasteiger partial charge in [0.1, 0.15) is 22.1 Å². The Balaban J connectivity index is 1.32. The number of carbonyl (C=O) groups is 2. The maximum absolute atomic E-state index is 12.2. The van der Waals surface area contributed by atoms with Crippen molar-refractivity contribution >= 4 is 34.1 Å². The highest BCUT2D eigenvalue weighted by Gasteiger charge is 2.24. The summed E-state index contributed by atoms with van der Waals surface area (Å²) in [5, 5.41) is 12.4. The number of aryl methyl sites for hydroxylation is 3. The molecule has 0 spiro atoms. The maximum atomic E-state index is 12.2. The number of rotatable bonds is 7. The Bertz CT molecular complexity index is 1140. The van der Waals surface area contributed by atoms with Crippen LogP contribution in [-0.2, 0) is 27.2 Å². The van der Waals surface area contributed by atoms with Crippen LogP contribution in [0.25, 0.3) is 11.0 Å². The number of aromatic nitrogens is 1. The third-order valence-corrected chi connectivity index (χ3v) is 6.02. The number of hydrogen-bond donors (Lipinski definition) is 0. The average molecular weight is 424 g/mol. The van der Waals surface area contributed by atoms with Crippen molar-refractivity contribution < 1.29 is 23.5 Å². The van der Waals surface area contributed by atoms with Gasteiger partial charge in [0.15, 0.2) is 24.9 Å². The second-order valence-electron chi connectivity index (χ2n) is 7.17. The van der Waals surface area contributed by atoms with E-state index in [1.165, 1.54) is 16.9 Å². The van der Waals surface area contributed by atoms with Crippen molar-refractivity contribution in [2.45, 2.75) is 38.5 Å². The quantitative estimate of drug-likeness (QED) is 0.530. The van der Waals surface area contributed by atoms with E-state index in [4.69, 9.17) is 13.9 Å². The minimum atomic E-state index is -1.04. The lowest BCUT2D eigenvalue weighted by molar-refractivity contribution is -0.150. The summed E-state index contributed by atoms with van der Waals surface area (Å²) in [5.74, 6) is -0.648. The lowest BCUT2D eigenvalue weighted by Crippen LogP contribution is -2.22. The van der Waals surface area contributed by atoms with Gasteiger partial charge in [0.25, 0.3) is 0 Å². The molecule has 2 aromatic heterocycles. The van der Waals surface area contributed by atoms with E-state index in [2.05, 4.69) is 4.98 Å². The zero-order valence-corrected chi connectivity index (χ0v) is 17.3. The fourth-order valence-electron chi connectivity index (χ4n) is 3.52.